The third kappa shape index (κ3) is 7.24. The zero-order valence-corrected chi connectivity index (χ0v) is 17.9. The number of aromatic nitrogens is 1. The van der Waals surface area contributed by atoms with Crippen LogP contribution in [0.4, 0.5) is 4.39 Å². The smallest absolute Gasteiger partial charge is 0.263 e. The Hall–Kier alpha value is -1.75. The second kappa shape index (κ2) is 11.8. The quantitative estimate of drug-likeness (QED) is 0.241. The largest absolute Gasteiger partial charge is 0.356 e. The highest BCUT2D eigenvalue weighted by Crippen LogP contribution is 2.11. The second-order valence-corrected chi connectivity index (χ2v) is 6.18. The molecule has 26 heavy (non-hydrogen) atoms. The molecule has 142 valence electrons. The van der Waals surface area contributed by atoms with Gasteiger partial charge in [0.15, 0.2) is 5.96 Å². The molecule has 0 aliphatic heterocycles. The normalized spacial score (nSPS) is 10.8. The summed E-state index contributed by atoms with van der Waals surface area (Å²) < 4.78 is 13.1. The number of carbonyl (C=O) groups excluding carboxylic acids is 1. The van der Waals surface area contributed by atoms with Gasteiger partial charge in [0.2, 0.25) is 0 Å². The molecule has 0 radical (unpaired) electrons. The van der Waals surface area contributed by atoms with Gasteiger partial charge in [0.05, 0.1) is 11.2 Å². The number of amides is 1. The van der Waals surface area contributed by atoms with Crippen LogP contribution in [-0.2, 0) is 6.42 Å². The number of nitrogens with zero attached hydrogens (tertiary/aromatic N) is 2. The van der Waals surface area contributed by atoms with Crippen molar-refractivity contribution in [1.29, 1.82) is 0 Å². The number of benzene rings is 1. The molecule has 0 aliphatic carbocycles. The Balaban J connectivity index is 0.00000338. The first-order valence-electron chi connectivity index (χ1n) is 7.97. The van der Waals surface area contributed by atoms with Gasteiger partial charge < -0.3 is 16.0 Å². The average molecular weight is 491 g/mol. The topological polar surface area (TPSA) is 78.4 Å². The molecule has 0 aliphatic rings. The summed E-state index contributed by atoms with van der Waals surface area (Å²) in [4.78, 5) is 20.8. The van der Waals surface area contributed by atoms with E-state index in [1.165, 1.54) is 23.5 Å². The SMILES string of the molecule is CN=C(NCCNC(=O)c1scnc1C)NCCc1cccc(F)c1.I. The van der Waals surface area contributed by atoms with Crippen LogP contribution in [0.25, 0.3) is 0 Å². The summed E-state index contributed by atoms with van der Waals surface area (Å²) in [5, 5.41) is 9.12. The molecule has 0 saturated carbocycles. The summed E-state index contributed by atoms with van der Waals surface area (Å²) in [6.07, 6.45) is 0.694. The Labute approximate surface area is 173 Å². The van der Waals surface area contributed by atoms with Gasteiger partial charge in [-0.15, -0.1) is 35.3 Å². The van der Waals surface area contributed by atoms with E-state index in [0.717, 1.165) is 11.3 Å². The molecule has 3 N–H and O–H groups in total. The monoisotopic (exact) mass is 491 g/mol. The third-order valence-electron chi connectivity index (χ3n) is 3.47. The molecular formula is C17H23FIN5OS. The van der Waals surface area contributed by atoms with Crippen LogP contribution in [0, 0.1) is 12.7 Å². The van der Waals surface area contributed by atoms with E-state index in [9.17, 15) is 9.18 Å². The van der Waals surface area contributed by atoms with Crippen molar-refractivity contribution in [1.82, 2.24) is 20.9 Å². The lowest BCUT2D eigenvalue weighted by atomic mass is 10.1. The summed E-state index contributed by atoms with van der Waals surface area (Å²) in [6.45, 7) is 3.47. The zero-order chi connectivity index (χ0) is 18.1. The number of thiazole rings is 1. The molecule has 0 saturated heterocycles. The van der Waals surface area contributed by atoms with Crippen LogP contribution < -0.4 is 16.0 Å². The third-order valence-corrected chi connectivity index (χ3v) is 4.40. The maximum Gasteiger partial charge on any atom is 0.263 e. The van der Waals surface area contributed by atoms with Gasteiger partial charge in [-0.1, -0.05) is 12.1 Å². The van der Waals surface area contributed by atoms with E-state index < -0.39 is 0 Å². The highest BCUT2D eigenvalue weighted by Gasteiger charge is 2.10. The summed E-state index contributed by atoms with van der Waals surface area (Å²) in [7, 11) is 1.68. The van der Waals surface area contributed by atoms with Gasteiger partial charge in [0.25, 0.3) is 5.91 Å². The van der Waals surface area contributed by atoms with E-state index in [0.29, 0.717) is 36.9 Å². The van der Waals surface area contributed by atoms with Crippen LogP contribution >= 0.6 is 35.3 Å². The molecule has 2 aromatic rings. The molecule has 0 unspecified atom stereocenters. The summed E-state index contributed by atoms with van der Waals surface area (Å²) in [6, 6.07) is 6.54. The average Bonchev–Trinajstić information content (AvgIpc) is 3.03. The van der Waals surface area contributed by atoms with Gasteiger partial charge >= 0.3 is 0 Å². The lowest BCUT2D eigenvalue weighted by Crippen LogP contribution is -2.42. The lowest BCUT2D eigenvalue weighted by molar-refractivity contribution is 0.0957. The Kier molecular flexibility index (Phi) is 10.1. The second-order valence-electron chi connectivity index (χ2n) is 5.33. The Morgan fingerprint density at radius 2 is 1.96 bits per heavy atom. The summed E-state index contributed by atoms with van der Waals surface area (Å²) >= 11 is 1.33. The summed E-state index contributed by atoms with van der Waals surface area (Å²) in [5.41, 5.74) is 3.33. The number of carbonyl (C=O) groups is 1. The van der Waals surface area contributed by atoms with Gasteiger partial charge in [-0.05, 0) is 31.0 Å². The fourth-order valence-corrected chi connectivity index (χ4v) is 2.91. The fraction of sp³-hybridized carbons (Fsp3) is 0.353. The van der Waals surface area contributed by atoms with Crippen molar-refractivity contribution in [2.24, 2.45) is 4.99 Å². The van der Waals surface area contributed by atoms with Crippen molar-refractivity contribution in [2.45, 2.75) is 13.3 Å². The van der Waals surface area contributed by atoms with Crippen molar-refractivity contribution in [2.75, 3.05) is 26.7 Å². The van der Waals surface area contributed by atoms with Crippen LogP contribution in [0.1, 0.15) is 20.9 Å². The molecule has 0 atom stereocenters. The molecule has 0 spiro atoms. The van der Waals surface area contributed by atoms with Crippen LogP contribution in [-0.4, -0.2) is 43.5 Å². The molecule has 9 heteroatoms. The number of nitrogens with one attached hydrogen (secondary N) is 3. The van der Waals surface area contributed by atoms with Crippen LogP contribution in [0.2, 0.25) is 0 Å². The molecule has 1 amide bonds. The molecular weight excluding hydrogens is 468 g/mol. The predicted molar refractivity (Wildman–Crippen MR) is 114 cm³/mol. The number of halogens is 2. The maximum absolute atomic E-state index is 13.1. The van der Waals surface area contributed by atoms with Crippen molar-refractivity contribution >= 4 is 47.2 Å². The zero-order valence-electron chi connectivity index (χ0n) is 14.7. The molecule has 0 bridgehead atoms. The minimum Gasteiger partial charge on any atom is -0.356 e. The Morgan fingerprint density at radius 3 is 2.62 bits per heavy atom. The molecule has 1 aromatic heterocycles. The van der Waals surface area contributed by atoms with Gasteiger partial charge in [-0.2, -0.15) is 0 Å². The molecule has 6 nitrogen and oxygen atoms in total. The van der Waals surface area contributed by atoms with E-state index >= 15 is 0 Å². The Bertz CT molecular complexity index is 737. The van der Waals surface area contributed by atoms with Crippen molar-refractivity contribution in [3.05, 3.63) is 51.7 Å². The van der Waals surface area contributed by atoms with E-state index in [1.54, 1.807) is 18.6 Å². The standard InChI is InChI=1S/C17H22FN5OS.HI/c1-12-15(25-11-23-12)16(24)20-8-9-22-17(19-2)21-7-6-13-4-3-5-14(18)10-13;/h3-5,10-11H,6-9H2,1-2H3,(H,20,24)(H2,19,21,22);1H. The van der Waals surface area contributed by atoms with E-state index in [2.05, 4.69) is 25.9 Å². The molecule has 1 heterocycles. The van der Waals surface area contributed by atoms with E-state index in [1.807, 2.05) is 13.0 Å². The van der Waals surface area contributed by atoms with Crippen LogP contribution in [0.5, 0.6) is 0 Å². The van der Waals surface area contributed by atoms with Crippen molar-refractivity contribution < 1.29 is 9.18 Å². The minimum absolute atomic E-state index is 0. The minimum atomic E-state index is -0.230. The Morgan fingerprint density at radius 1 is 1.23 bits per heavy atom. The first-order chi connectivity index (χ1) is 12.1. The molecule has 0 fully saturated rings. The number of hydrogen-bond acceptors (Lipinski definition) is 4. The highest BCUT2D eigenvalue weighted by atomic mass is 127. The maximum atomic E-state index is 13.1. The number of hydrogen-bond donors (Lipinski definition) is 3. The van der Waals surface area contributed by atoms with Gasteiger partial charge in [0.1, 0.15) is 10.7 Å². The number of aliphatic imine (C=N–C) groups is 1. The van der Waals surface area contributed by atoms with Crippen LogP contribution in [0.3, 0.4) is 0 Å². The summed E-state index contributed by atoms with van der Waals surface area (Å²) in [5.74, 6) is 0.294. The van der Waals surface area contributed by atoms with Crippen LogP contribution in [0.15, 0.2) is 34.8 Å². The van der Waals surface area contributed by atoms with Crippen molar-refractivity contribution in [3.8, 4) is 0 Å². The van der Waals surface area contributed by atoms with Gasteiger partial charge in [0, 0.05) is 26.7 Å². The fourth-order valence-electron chi connectivity index (χ4n) is 2.20. The van der Waals surface area contributed by atoms with Crippen molar-refractivity contribution in [3.63, 3.8) is 0 Å². The number of aryl methyl sites for hydroxylation is 1. The van der Waals surface area contributed by atoms with E-state index in [-0.39, 0.29) is 35.7 Å². The molecule has 1 aromatic carbocycles. The van der Waals surface area contributed by atoms with Gasteiger partial charge in [-0.25, -0.2) is 9.37 Å². The lowest BCUT2D eigenvalue weighted by Gasteiger charge is -2.12. The first-order valence-corrected chi connectivity index (χ1v) is 8.85. The van der Waals surface area contributed by atoms with Gasteiger partial charge in [-0.3, -0.25) is 9.79 Å². The number of rotatable bonds is 7. The molecule has 2 rings (SSSR count). The number of guanidine groups is 1. The predicted octanol–water partition coefficient (Wildman–Crippen LogP) is 2.35. The van der Waals surface area contributed by atoms with E-state index in [4.69, 9.17) is 0 Å². The first kappa shape index (κ1) is 22.3. The highest BCUT2D eigenvalue weighted by molar-refractivity contribution is 14.0.